The van der Waals surface area contributed by atoms with Crippen LogP contribution < -0.4 is 5.56 Å². The monoisotopic (exact) mass is 637 g/mol. The number of piperidine rings is 1. The molecule has 2 aliphatic heterocycles. The number of rotatable bonds is 5. The number of amides is 2. The molecule has 0 bridgehead atoms. The maximum atomic E-state index is 13.4. The highest BCUT2D eigenvalue weighted by Gasteiger charge is 2.68. The van der Waals surface area contributed by atoms with Gasteiger partial charge < -0.3 is 19.8 Å². The number of alkyl halides is 3. The van der Waals surface area contributed by atoms with Crippen molar-refractivity contribution in [2.45, 2.75) is 50.6 Å². The Morgan fingerprint density at radius 3 is 2.45 bits per heavy atom. The topological polar surface area (TPSA) is 130 Å². The minimum absolute atomic E-state index is 0.0787. The van der Waals surface area contributed by atoms with Crippen molar-refractivity contribution in [3.63, 3.8) is 0 Å². The molecule has 3 aliphatic rings. The summed E-state index contributed by atoms with van der Waals surface area (Å²) in [4.78, 5) is 45.1. The van der Waals surface area contributed by atoms with E-state index in [1.165, 1.54) is 33.7 Å². The number of halogens is 4. The molecule has 2 N–H and O–H groups in total. The van der Waals surface area contributed by atoms with E-state index in [0.717, 1.165) is 5.56 Å². The van der Waals surface area contributed by atoms with Gasteiger partial charge in [0.25, 0.3) is 5.56 Å². The number of carbonyl (C=O) groups is 2. The van der Waals surface area contributed by atoms with Crippen molar-refractivity contribution in [3.05, 3.63) is 57.7 Å². The molecule has 1 aliphatic carbocycles. The van der Waals surface area contributed by atoms with Crippen LogP contribution in [0.4, 0.5) is 18.0 Å². The molecule has 2 saturated heterocycles. The molecule has 2 aromatic heterocycles. The molecule has 4 heterocycles. The third kappa shape index (κ3) is 5.32. The van der Waals surface area contributed by atoms with Crippen molar-refractivity contribution in [3.8, 4) is 5.69 Å². The molecule has 3 atom stereocenters. The van der Waals surface area contributed by atoms with Crippen molar-refractivity contribution in [1.29, 1.82) is 0 Å². The number of carboxylic acid groups (broad SMARTS) is 1. The molecule has 0 radical (unpaired) electrons. The zero-order chi connectivity index (χ0) is 31.6. The first-order chi connectivity index (χ1) is 20.7. The van der Waals surface area contributed by atoms with Crippen molar-refractivity contribution in [2.75, 3.05) is 32.8 Å². The third-order valence-electron chi connectivity index (χ3n) is 9.22. The van der Waals surface area contributed by atoms with Gasteiger partial charge in [-0.05, 0) is 43.0 Å². The molecule has 6 rings (SSSR count). The van der Waals surface area contributed by atoms with E-state index in [1.54, 1.807) is 28.8 Å². The summed E-state index contributed by atoms with van der Waals surface area (Å²) in [5.41, 5.74) is -1.62. The molecule has 11 nitrogen and oxygen atoms in total. The standard InChI is InChI=1S/C29H31ClF3N5O6/c1-27(13-21(27)29(31,32)33)25(40)35-8-6-28(43,7-9-35)15-36-16-34-23-19(24(36)39)12-22(30)38(23)18-4-2-17(3-5-18)20-14-44-11-10-37(20)26(41)42/h2-5,12,16,20-21,43H,6-11,13-15H2,1H3,(H,41,42)/t20?,21-,27-/m1/s1. The Hall–Kier alpha value is -3.62. The zero-order valence-corrected chi connectivity index (χ0v) is 24.5. The van der Waals surface area contributed by atoms with E-state index in [-0.39, 0.29) is 62.6 Å². The van der Waals surface area contributed by atoms with Crippen LogP contribution in [0.5, 0.6) is 0 Å². The second kappa shape index (κ2) is 10.8. The zero-order valence-electron chi connectivity index (χ0n) is 23.8. The Morgan fingerprint density at radius 2 is 1.84 bits per heavy atom. The smallest absolute Gasteiger partial charge is 0.407 e. The number of aromatic nitrogens is 3. The fourth-order valence-electron chi connectivity index (χ4n) is 6.44. The molecule has 0 spiro atoms. The second-order valence-corrected chi connectivity index (χ2v) is 12.5. The van der Waals surface area contributed by atoms with Gasteiger partial charge in [0.15, 0.2) is 5.65 Å². The predicted molar refractivity (Wildman–Crippen MR) is 152 cm³/mol. The number of fused-ring (bicyclic) bond motifs is 1. The molecule has 236 valence electrons. The van der Waals surface area contributed by atoms with Gasteiger partial charge in [-0.2, -0.15) is 13.2 Å². The lowest BCUT2D eigenvalue weighted by Crippen LogP contribution is -2.51. The van der Waals surface area contributed by atoms with Crippen molar-refractivity contribution in [1.82, 2.24) is 23.9 Å². The van der Waals surface area contributed by atoms with Gasteiger partial charge in [-0.3, -0.25) is 23.6 Å². The van der Waals surface area contributed by atoms with Crippen LogP contribution in [0.25, 0.3) is 16.7 Å². The van der Waals surface area contributed by atoms with E-state index < -0.39 is 46.7 Å². The number of nitrogens with zero attached hydrogens (tertiary/aromatic N) is 5. The van der Waals surface area contributed by atoms with Gasteiger partial charge in [-0.15, -0.1) is 0 Å². The van der Waals surface area contributed by atoms with Crippen LogP contribution in [0.1, 0.15) is 37.8 Å². The summed E-state index contributed by atoms with van der Waals surface area (Å²) in [6.07, 6.45) is -4.19. The van der Waals surface area contributed by atoms with E-state index >= 15 is 0 Å². The minimum atomic E-state index is -4.42. The molecular weight excluding hydrogens is 607 g/mol. The Balaban J connectivity index is 1.17. The SMILES string of the molecule is C[C@@]1(C(=O)N2CCC(O)(Cn3cnc4c(cc(Cl)n4-c4ccc(C5COCCN5C(=O)O)cc4)c3=O)CC2)C[C@H]1C(F)(F)F. The number of aliphatic hydroxyl groups is 1. The summed E-state index contributed by atoms with van der Waals surface area (Å²) in [6, 6.07) is 8.07. The highest BCUT2D eigenvalue weighted by molar-refractivity contribution is 6.31. The van der Waals surface area contributed by atoms with Gasteiger partial charge in [-0.1, -0.05) is 30.7 Å². The molecular formula is C29H31ClF3N5O6. The number of morpholine rings is 1. The molecule has 3 fully saturated rings. The number of benzene rings is 1. The Labute approximate surface area is 254 Å². The summed E-state index contributed by atoms with van der Waals surface area (Å²) in [5.74, 6) is -2.21. The quantitative estimate of drug-likeness (QED) is 0.435. The summed E-state index contributed by atoms with van der Waals surface area (Å²) >= 11 is 6.54. The summed E-state index contributed by atoms with van der Waals surface area (Å²) < 4.78 is 47.8. The fraction of sp³-hybridized carbons (Fsp3) is 0.517. The first-order valence-electron chi connectivity index (χ1n) is 14.2. The summed E-state index contributed by atoms with van der Waals surface area (Å²) in [6.45, 7) is 2.21. The third-order valence-corrected chi connectivity index (χ3v) is 9.50. The van der Waals surface area contributed by atoms with Crippen LogP contribution in [-0.4, -0.2) is 90.8 Å². The average molecular weight is 638 g/mol. The Bertz CT molecular complexity index is 1670. The molecule has 1 unspecified atom stereocenters. The number of likely N-dealkylation sites (tertiary alicyclic amines) is 1. The summed E-state index contributed by atoms with van der Waals surface area (Å²) in [5, 5.41) is 21.2. The second-order valence-electron chi connectivity index (χ2n) is 12.1. The van der Waals surface area contributed by atoms with Gasteiger partial charge in [0.2, 0.25) is 5.91 Å². The van der Waals surface area contributed by atoms with Crippen molar-refractivity contribution >= 4 is 34.6 Å². The number of ether oxygens (including phenoxy) is 1. The van der Waals surface area contributed by atoms with E-state index in [9.17, 15) is 37.8 Å². The molecule has 44 heavy (non-hydrogen) atoms. The van der Waals surface area contributed by atoms with E-state index in [0.29, 0.717) is 17.9 Å². The first kappa shape index (κ1) is 30.4. The van der Waals surface area contributed by atoms with Gasteiger partial charge in [0, 0.05) is 25.3 Å². The Morgan fingerprint density at radius 1 is 1.16 bits per heavy atom. The molecule has 1 saturated carbocycles. The predicted octanol–water partition coefficient (Wildman–Crippen LogP) is 3.83. The maximum Gasteiger partial charge on any atom is 0.407 e. The highest BCUT2D eigenvalue weighted by atomic mass is 35.5. The van der Waals surface area contributed by atoms with E-state index in [2.05, 4.69) is 4.98 Å². The lowest BCUT2D eigenvalue weighted by molar-refractivity contribution is -0.165. The van der Waals surface area contributed by atoms with E-state index in [1.807, 2.05) is 0 Å². The first-order valence-corrected chi connectivity index (χ1v) is 14.6. The van der Waals surface area contributed by atoms with Crippen LogP contribution in [0.3, 0.4) is 0 Å². The molecule has 2 amide bonds. The van der Waals surface area contributed by atoms with Gasteiger partial charge in [0.05, 0.1) is 48.1 Å². The molecule has 3 aromatic rings. The summed E-state index contributed by atoms with van der Waals surface area (Å²) in [7, 11) is 0. The molecule has 1 aromatic carbocycles. The lowest BCUT2D eigenvalue weighted by Gasteiger charge is -2.39. The largest absolute Gasteiger partial charge is 0.465 e. The fourth-order valence-corrected chi connectivity index (χ4v) is 6.73. The van der Waals surface area contributed by atoms with Gasteiger partial charge in [0.1, 0.15) is 11.5 Å². The van der Waals surface area contributed by atoms with Gasteiger partial charge >= 0.3 is 12.3 Å². The number of carbonyl (C=O) groups excluding carboxylic acids is 1. The minimum Gasteiger partial charge on any atom is -0.465 e. The van der Waals surface area contributed by atoms with Crippen LogP contribution in [0.2, 0.25) is 5.15 Å². The highest BCUT2D eigenvalue weighted by Crippen LogP contribution is 2.61. The lowest BCUT2D eigenvalue weighted by atomic mass is 9.90. The number of hydrogen-bond acceptors (Lipinski definition) is 6. The van der Waals surface area contributed by atoms with Crippen LogP contribution >= 0.6 is 11.6 Å². The van der Waals surface area contributed by atoms with Crippen molar-refractivity contribution in [2.24, 2.45) is 11.3 Å². The van der Waals surface area contributed by atoms with Gasteiger partial charge in [-0.25, -0.2) is 9.78 Å². The number of hydrogen-bond donors (Lipinski definition) is 2. The van der Waals surface area contributed by atoms with Crippen LogP contribution in [0, 0.1) is 11.3 Å². The van der Waals surface area contributed by atoms with E-state index in [4.69, 9.17) is 16.3 Å². The average Bonchev–Trinajstić information content (AvgIpc) is 3.59. The Kier molecular flexibility index (Phi) is 7.45. The van der Waals surface area contributed by atoms with Crippen LogP contribution in [0.15, 0.2) is 41.5 Å². The van der Waals surface area contributed by atoms with Crippen molar-refractivity contribution < 1.29 is 37.7 Å². The maximum absolute atomic E-state index is 13.4. The normalized spacial score (nSPS) is 25.3. The molecule has 15 heteroatoms. The van der Waals surface area contributed by atoms with Crippen LogP contribution in [-0.2, 0) is 16.1 Å².